The van der Waals surface area contributed by atoms with Crippen molar-refractivity contribution >= 4 is 16.4 Å². The number of esters is 1. The maximum atomic E-state index is 11.7. The van der Waals surface area contributed by atoms with Gasteiger partial charge in [0.2, 0.25) is 0 Å². The molecule has 182 valence electrons. The highest BCUT2D eigenvalue weighted by Crippen LogP contribution is 2.30. The minimum Gasteiger partial charge on any atom is -0.472 e. The van der Waals surface area contributed by atoms with E-state index in [0.717, 1.165) is 44.9 Å². The third kappa shape index (κ3) is 9.84. The van der Waals surface area contributed by atoms with Crippen molar-refractivity contribution in [3.8, 4) is 0 Å². The lowest BCUT2D eigenvalue weighted by atomic mass is 9.99. The molecular weight excluding hydrogens is 444 g/mol. The van der Waals surface area contributed by atoms with Crippen molar-refractivity contribution in [2.45, 2.75) is 72.6 Å². The second-order valence-corrected chi connectivity index (χ2v) is 9.59. The number of carbonyl (C=O) groups excluding carboxylic acids is 1. The lowest BCUT2D eigenvalue weighted by Crippen LogP contribution is -2.05. The van der Waals surface area contributed by atoms with Crippen molar-refractivity contribution in [2.24, 2.45) is 5.92 Å². The van der Waals surface area contributed by atoms with Gasteiger partial charge in [0, 0.05) is 0 Å². The molecule has 33 heavy (non-hydrogen) atoms. The van der Waals surface area contributed by atoms with Crippen LogP contribution in [0, 0.1) is 5.92 Å². The molecule has 0 radical (unpaired) electrons. The van der Waals surface area contributed by atoms with Gasteiger partial charge in [-0.2, -0.15) is 8.42 Å². The SMILES string of the molecule is CC(=CCCc1ccoc1)CCC=C(C)CCCC(C)C=C1OC(=O)C(C)=C1OS(=O)(=O)O. The molecule has 0 aromatic carbocycles. The van der Waals surface area contributed by atoms with E-state index in [-0.39, 0.29) is 23.0 Å². The smallest absolute Gasteiger partial charge is 0.446 e. The number of rotatable bonds is 13. The molecule has 0 amide bonds. The van der Waals surface area contributed by atoms with E-state index >= 15 is 0 Å². The standard InChI is InChI=1S/C25H34O7S/c1-18(8-5-9-19(2)11-7-13-22-14-15-30-17-22)10-6-12-20(3)16-23-24(32-33(27,28)29)21(4)25(26)31-23/h8,11,14-17,20H,5-7,9-10,12-13H2,1-4H3,(H,27,28,29). The molecule has 1 N–H and O–H groups in total. The van der Waals surface area contributed by atoms with E-state index in [1.165, 1.54) is 23.6 Å². The number of furan rings is 1. The van der Waals surface area contributed by atoms with Gasteiger partial charge in [0.05, 0.1) is 18.1 Å². The molecule has 0 fully saturated rings. The molecule has 0 bridgehead atoms. The summed E-state index contributed by atoms with van der Waals surface area (Å²) in [5, 5.41) is 0. The van der Waals surface area contributed by atoms with Crippen LogP contribution in [0.15, 0.2) is 69.5 Å². The molecule has 1 atom stereocenters. The molecule has 2 rings (SSSR count). The van der Waals surface area contributed by atoms with Gasteiger partial charge in [-0.15, -0.1) is 0 Å². The highest BCUT2D eigenvalue weighted by Gasteiger charge is 2.31. The van der Waals surface area contributed by atoms with Crippen LogP contribution >= 0.6 is 0 Å². The van der Waals surface area contributed by atoms with Crippen molar-refractivity contribution in [3.63, 3.8) is 0 Å². The molecule has 0 spiro atoms. The lowest BCUT2D eigenvalue weighted by molar-refractivity contribution is -0.133. The van der Waals surface area contributed by atoms with Crippen molar-refractivity contribution < 1.29 is 31.1 Å². The summed E-state index contributed by atoms with van der Waals surface area (Å²) in [6.07, 6.45) is 16.5. The molecule has 0 aliphatic carbocycles. The zero-order valence-corrected chi connectivity index (χ0v) is 20.6. The molecule has 1 unspecified atom stereocenters. The highest BCUT2D eigenvalue weighted by molar-refractivity contribution is 7.81. The van der Waals surface area contributed by atoms with Gasteiger partial charge >= 0.3 is 16.4 Å². The number of allylic oxidation sites excluding steroid dienone is 5. The fourth-order valence-corrected chi connectivity index (χ4v) is 3.95. The van der Waals surface area contributed by atoms with Crippen molar-refractivity contribution in [2.75, 3.05) is 0 Å². The molecule has 0 saturated heterocycles. The molecule has 7 nitrogen and oxygen atoms in total. The van der Waals surface area contributed by atoms with Gasteiger partial charge < -0.3 is 13.3 Å². The lowest BCUT2D eigenvalue weighted by Gasteiger charge is -2.10. The van der Waals surface area contributed by atoms with E-state index in [0.29, 0.717) is 0 Å². The molecule has 1 aliphatic rings. The number of hydrogen-bond donors (Lipinski definition) is 1. The third-order valence-electron chi connectivity index (χ3n) is 5.47. The summed E-state index contributed by atoms with van der Waals surface area (Å²) in [6, 6.07) is 2.00. The maximum Gasteiger partial charge on any atom is 0.446 e. The third-order valence-corrected chi connectivity index (χ3v) is 5.84. The Morgan fingerprint density at radius 2 is 1.88 bits per heavy atom. The van der Waals surface area contributed by atoms with E-state index in [4.69, 9.17) is 13.7 Å². The van der Waals surface area contributed by atoms with Gasteiger partial charge in [0.1, 0.15) is 0 Å². The van der Waals surface area contributed by atoms with Gasteiger partial charge in [0.25, 0.3) is 0 Å². The van der Waals surface area contributed by atoms with Crippen molar-refractivity contribution in [1.29, 1.82) is 0 Å². The summed E-state index contributed by atoms with van der Waals surface area (Å²) in [6.45, 7) is 7.64. The molecule has 1 aromatic rings. The summed E-state index contributed by atoms with van der Waals surface area (Å²) in [5.41, 5.74) is 3.95. The van der Waals surface area contributed by atoms with Crippen molar-refractivity contribution in [1.82, 2.24) is 0 Å². The topological polar surface area (TPSA) is 103 Å². The summed E-state index contributed by atoms with van der Waals surface area (Å²) < 4.78 is 45.7. The Morgan fingerprint density at radius 3 is 2.55 bits per heavy atom. The zero-order valence-electron chi connectivity index (χ0n) is 19.8. The highest BCUT2D eigenvalue weighted by atomic mass is 32.3. The van der Waals surface area contributed by atoms with Gasteiger partial charge in [-0.05, 0) is 89.3 Å². The molecule has 8 heteroatoms. The van der Waals surface area contributed by atoms with Crippen LogP contribution in [0.1, 0.15) is 71.8 Å². The first-order valence-corrected chi connectivity index (χ1v) is 12.6. The normalized spacial score (nSPS) is 17.6. The number of cyclic esters (lactones) is 1. The molecule has 1 aliphatic heterocycles. The van der Waals surface area contributed by atoms with Crippen molar-refractivity contribution in [3.05, 3.63) is 70.6 Å². The van der Waals surface area contributed by atoms with E-state index in [1.54, 1.807) is 18.6 Å². The monoisotopic (exact) mass is 478 g/mol. The fraction of sp³-hybridized carbons (Fsp3) is 0.480. The molecule has 2 heterocycles. The first-order valence-electron chi connectivity index (χ1n) is 11.2. The molecule has 0 saturated carbocycles. The second-order valence-electron chi connectivity index (χ2n) is 8.57. The summed E-state index contributed by atoms with van der Waals surface area (Å²) in [4.78, 5) is 11.7. The first-order chi connectivity index (χ1) is 15.5. The van der Waals surface area contributed by atoms with E-state index in [2.05, 4.69) is 30.2 Å². The van der Waals surface area contributed by atoms with E-state index in [9.17, 15) is 13.2 Å². The Bertz CT molecular complexity index is 1020. The average molecular weight is 479 g/mol. The van der Waals surface area contributed by atoms with Crippen LogP contribution in [0.3, 0.4) is 0 Å². The fourth-order valence-electron chi connectivity index (χ4n) is 3.53. The summed E-state index contributed by atoms with van der Waals surface area (Å²) >= 11 is 0. The number of carbonyl (C=O) groups is 1. The predicted octanol–water partition coefficient (Wildman–Crippen LogP) is 6.23. The minimum absolute atomic E-state index is 0.00988. The molecule has 1 aromatic heterocycles. The van der Waals surface area contributed by atoms with Crippen LogP contribution in [0.4, 0.5) is 0 Å². The Morgan fingerprint density at radius 1 is 1.18 bits per heavy atom. The van der Waals surface area contributed by atoms with Crippen LogP contribution in [-0.4, -0.2) is 18.9 Å². The second kappa shape index (κ2) is 12.6. The first kappa shape index (κ1) is 26.7. The number of aryl methyl sites for hydroxylation is 1. The van der Waals surface area contributed by atoms with E-state index in [1.807, 2.05) is 13.0 Å². The van der Waals surface area contributed by atoms with Crippen LogP contribution in [0.5, 0.6) is 0 Å². The van der Waals surface area contributed by atoms with Gasteiger partial charge in [0.15, 0.2) is 11.5 Å². The van der Waals surface area contributed by atoms with Crippen LogP contribution < -0.4 is 0 Å². The summed E-state index contributed by atoms with van der Waals surface area (Å²) in [5.74, 6) is -0.868. The minimum atomic E-state index is -4.74. The average Bonchev–Trinajstić information content (AvgIpc) is 3.31. The molecular formula is C25H34O7S. The maximum absolute atomic E-state index is 11.7. The quantitative estimate of drug-likeness (QED) is 0.204. The van der Waals surface area contributed by atoms with Gasteiger partial charge in [-0.25, -0.2) is 4.79 Å². The van der Waals surface area contributed by atoms with Crippen LogP contribution in [0.2, 0.25) is 0 Å². The van der Waals surface area contributed by atoms with Gasteiger partial charge in [-0.1, -0.05) is 30.2 Å². The van der Waals surface area contributed by atoms with Crippen LogP contribution in [-0.2, 0) is 30.5 Å². The summed E-state index contributed by atoms with van der Waals surface area (Å²) in [7, 11) is -4.74. The Balaban J connectivity index is 1.74. The Hall–Kier alpha value is -2.58. The number of ether oxygens (including phenoxy) is 1. The van der Waals surface area contributed by atoms with Crippen LogP contribution in [0.25, 0.3) is 0 Å². The van der Waals surface area contributed by atoms with Gasteiger partial charge in [-0.3, -0.25) is 4.55 Å². The number of hydrogen-bond acceptors (Lipinski definition) is 6. The zero-order chi connectivity index (χ0) is 24.4. The predicted molar refractivity (Wildman–Crippen MR) is 126 cm³/mol. The Labute approximate surface area is 196 Å². The Kier molecular flexibility index (Phi) is 10.2. The van der Waals surface area contributed by atoms with E-state index < -0.39 is 16.4 Å². The largest absolute Gasteiger partial charge is 0.472 e.